The van der Waals surface area contributed by atoms with Crippen LogP contribution in [0.15, 0.2) is 128 Å². The molecule has 8 heteroatoms. The maximum absolute atomic E-state index is 12.5. The van der Waals surface area contributed by atoms with Crippen LogP contribution >= 0.6 is 0 Å². The number of carbonyl (C=O) groups excluding carboxylic acids is 1. The number of nitrogens with one attached hydrogen (secondary N) is 2. The SMILES string of the molecule is C[C@H]1[C@@H](CN(C)CCc2ccccn2)O[C@@H](c2cccc(-c3cccc(CNC(=O)NCc4ccccc4)c3)c2)O[C@H]1c1ccc(CO)cc1. The van der Waals surface area contributed by atoms with Crippen molar-refractivity contribution in [3.63, 3.8) is 0 Å². The largest absolute Gasteiger partial charge is 0.392 e. The Kier molecular flexibility index (Phi) is 12.0. The van der Waals surface area contributed by atoms with Gasteiger partial charge in [-0.15, -0.1) is 0 Å². The molecule has 0 aliphatic carbocycles. The Balaban J connectivity index is 1.16. The zero-order valence-electron chi connectivity index (χ0n) is 28.7. The minimum atomic E-state index is -0.569. The molecule has 258 valence electrons. The zero-order valence-corrected chi connectivity index (χ0v) is 28.7. The maximum Gasteiger partial charge on any atom is 0.315 e. The molecule has 1 fully saturated rings. The highest BCUT2D eigenvalue weighted by Crippen LogP contribution is 2.42. The van der Waals surface area contributed by atoms with E-state index in [4.69, 9.17) is 9.47 Å². The fraction of sp³-hybridized carbons (Fsp3) is 0.286. The molecule has 4 aromatic carbocycles. The lowest BCUT2D eigenvalue weighted by atomic mass is 9.90. The van der Waals surface area contributed by atoms with E-state index in [2.05, 4.69) is 83.0 Å². The summed E-state index contributed by atoms with van der Waals surface area (Å²) in [4.78, 5) is 19.3. The second-order valence-electron chi connectivity index (χ2n) is 13.0. The molecular formula is C42H46N4O4. The predicted molar refractivity (Wildman–Crippen MR) is 196 cm³/mol. The highest BCUT2D eigenvalue weighted by atomic mass is 16.7. The maximum atomic E-state index is 12.5. The second kappa shape index (κ2) is 17.2. The summed E-state index contributed by atoms with van der Waals surface area (Å²) in [6, 6.07) is 40.2. The van der Waals surface area contributed by atoms with Crippen LogP contribution in [0.4, 0.5) is 4.79 Å². The minimum absolute atomic E-state index is 0.00228. The molecule has 1 aromatic heterocycles. The van der Waals surface area contributed by atoms with Gasteiger partial charge in [0.05, 0.1) is 18.8 Å². The first-order valence-corrected chi connectivity index (χ1v) is 17.3. The van der Waals surface area contributed by atoms with Gasteiger partial charge in [0.2, 0.25) is 0 Å². The summed E-state index contributed by atoms with van der Waals surface area (Å²) in [7, 11) is 2.13. The van der Waals surface area contributed by atoms with E-state index < -0.39 is 6.29 Å². The van der Waals surface area contributed by atoms with Crippen molar-refractivity contribution in [3.05, 3.63) is 161 Å². The van der Waals surface area contributed by atoms with E-state index in [1.165, 1.54) is 0 Å². The van der Waals surface area contributed by atoms with Crippen LogP contribution < -0.4 is 10.6 Å². The molecule has 0 bridgehead atoms. The number of hydrogen-bond acceptors (Lipinski definition) is 6. The number of aliphatic hydroxyl groups excluding tert-OH is 1. The highest BCUT2D eigenvalue weighted by molar-refractivity contribution is 5.74. The lowest BCUT2D eigenvalue weighted by Crippen LogP contribution is -2.43. The minimum Gasteiger partial charge on any atom is -0.392 e. The molecule has 2 heterocycles. The van der Waals surface area contributed by atoms with E-state index in [0.717, 1.165) is 64.1 Å². The Morgan fingerprint density at radius 2 is 1.46 bits per heavy atom. The normalized spacial score (nSPS) is 18.9. The molecule has 6 rings (SSSR count). The summed E-state index contributed by atoms with van der Waals surface area (Å²) in [5.41, 5.74) is 8.08. The molecule has 4 atom stereocenters. The highest BCUT2D eigenvalue weighted by Gasteiger charge is 2.38. The van der Waals surface area contributed by atoms with E-state index >= 15 is 0 Å². The number of carbonyl (C=O) groups is 1. The number of benzene rings is 4. The van der Waals surface area contributed by atoms with Gasteiger partial charge >= 0.3 is 6.03 Å². The van der Waals surface area contributed by atoms with E-state index in [9.17, 15) is 9.90 Å². The first kappa shape index (κ1) is 35.0. The fourth-order valence-electron chi connectivity index (χ4n) is 6.33. The molecule has 50 heavy (non-hydrogen) atoms. The quantitative estimate of drug-likeness (QED) is 0.123. The summed E-state index contributed by atoms with van der Waals surface area (Å²) >= 11 is 0. The molecule has 0 radical (unpaired) electrons. The van der Waals surface area contributed by atoms with Gasteiger partial charge in [-0.2, -0.15) is 0 Å². The number of aliphatic hydroxyl groups is 1. The van der Waals surface area contributed by atoms with E-state index in [-0.39, 0.29) is 30.8 Å². The van der Waals surface area contributed by atoms with Gasteiger partial charge in [0.1, 0.15) is 0 Å². The van der Waals surface area contributed by atoms with Gasteiger partial charge in [0, 0.05) is 56.0 Å². The molecule has 0 spiro atoms. The molecule has 2 amide bonds. The summed E-state index contributed by atoms with van der Waals surface area (Å²) in [5.74, 6) is 0.0841. The number of hydrogen-bond donors (Lipinski definition) is 3. The lowest BCUT2D eigenvalue weighted by Gasteiger charge is -2.42. The first-order chi connectivity index (χ1) is 24.4. The van der Waals surface area contributed by atoms with Crippen molar-refractivity contribution in [2.75, 3.05) is 20.1 Å². The van der Waals surface area contributed by atoms with Gasteiger partial charge in [-0.1, -0.05) is 104 Å². The third-order valence-corrected chi connectivity index (χ3v) is 9.26. The number of pyridine rings is 1. The molecule has 0 unspecified atom stereocenters. The lowest BCUT2D eigenvalue weighted by molar-refractivity contribution is -0.275. The summed E-state index contributed by atoms with van der Waals surface area (Å²) in [6.07, 6.45) is 1.85. The van der Waals surface area contributed by atoms with E-state index in [1.54, 1.807) is 0 Å². The average molecular weight is 671 g/mol. The third kappa shape index (κ3) is 9.43. The number of amides is 2. The Morgan fingerprint density at radius 3 is 2.20 bits per heavy atom. The van der Waals surface area contributed by atoms with Gasteiger partial charge in [0.15, 0.2) is 6.29 Å². The predicted octanol–water partition coefficient (Wildman–Crippen LogP) is 7.21. The Labute approximate surface area is 295 Å². The van der Waals surface area contributed by atoms with E-state index in [0.29, 0.717) is 13.1 Å². The third-order valence-electron chi connectivity index (χ3n) is 9.26. The Morgan fingerprint density at radius 1 is 0.760 bits per heavy atom. The number of rotatable bonds is 13. The van der Waals surface area contributed by atoms with Crippen molar-refractivity contribution >= 4 is 6.03 Å². The summed E-state index contributed by atoms with van der Waals surface area (Å²) < 4.78 is 13.5. The molecule has 5 aromatic rings. The van der Waals surface area contributed by atoms with Gasteiger partial charge in [-0.25, -0.2) is 4.79 Å². The molecule has 3 N–H and O–H groups in total. The number of nitrogens with zero attached hydrogens (tertiary/aromatic N) is 2. The standard InChI is InChI=1S/C42H46N4O4/c1-30-39(28-46(2)23-21-38-16-6-7-22-43-38)49-41(50-40(30)34-19-17-32(29-47)18-20-34)37-15-9-14-36(25-37)35-13-8-12-33(24-35)27-45-42(48)44-26-31-10-4-3-5-11-31/h3-20,22,24-25,30,39-41,47H,21,23,26-29H2,1-2H3,(H2,44,45,48)/t30-,39+,40+,41+/m0/s1. The summed E-state index contributed by atoms with van der Waals surface area (Å²) in [6.45, 7) is 4.68. The molecule has 0 saturated carbocycles. The topological polar surface area (TPSA) is 96.0 Å². The molecule has 1 saturated heterocycles. The zero-order chi connectivity index (χ0) is 34.7. The van der Waals surface area contributed by atoms with Gasteiger partial charge in [0.25, 0.3) is 0 Å². The van der Waals surface area contributed by atoms with Crippen molar-refractivity contribution in [1.82, 2.24) is 20.5 Å². The average Bonchev–Trinajstić information content (AvgIpc) is 3.17. The fourth-order valence-corrected chi connectivity index (χ4v) is 6.33. The Bertz CT molecular complexity index is 1800. The van der Waals surface area contributed by atoms with Crippen LogP contribution in [-0.2, 0) is 35.6 Å². The number of urea groups is 1. The van der Waals surface area contributed by atoms with Crippen LogP contribution in [0.5, 0.6) is 0 Å². The number of likely N-dealkylation sites (N-methyl/N-ethyl adjacent to an activating group) is 1. The first-order valence-electron chi connectivity index (χ1n) is 17.3. The van der Waals surface area contributed by atoms with Crippen molar-refractivity contribution < 1.29 is 19.4 Å². The monoisotopic (exact) mass is 670 g/mol. The Hall–Kier alpha value is -4.86. The van der Waals surface area contributed by atoms with Crippen LogP contribution in [0.3, 0.4) is 0 Å². The smallest absolute Gasteiger partial charge is 0.315 e. The van der Waals surface area contributed by atoms with Crippen LogP contribution in [0, 0.1) is 5.92 Å². The molecule has 1 aliphatic rings. The van der Waals surface area contributed by atoms with Crippen molar-refractivity contribution in [2.24, 2.45) is 5.92 Å². The van der Waals surface area contributed by atoms with Gasteiger partial charge in [-0.3, -0.25) is 4.98 Å². The molecule has 1 aliphatic heterocycles. The summed E-state index contributed by atoms with van der Waals surface area (Å²) in [5, 5.41) is 15.5. The number of aromatic nitrogens is 1. The van der Waals surface area contributed by atoms with Gasteiger partial charge in [-0.05, 0) is 64.7 Å². The van der Waals surface area contributed by atoms with Crippen molar-refractivity contribution in [1.29, 1.82) is 0 Å². The number of ether oxygens (including phenoxy) is 2. The van der Waals surface area contributed by atoms with Crippen molar-refractivity contribution in [3.8, 4) is 11.1 Å². The molecular weight excluding hydrogens is 624 g/mol. The van der Waals surface area contributed by atoms with Crippen LogP contribution in [0.25, 0.3) is 11.1 Å². The van der Waals surface area contributed by atoms with E-state index in [1.807, 2.05) is 79.0 Å². The molecule has 8 nitrogen and oxygen atoms in total. The van der Waals surface area contributed by atoms with Crippen LogP contribution in [0.1, 0.15) is 52.8 Å². The second-order valence-corrected chi connectivity index (χ2v) is 13.0. The van der Waals surface area contributed by atoms with Crippen LogP contribution in [-0.4, -0.2) is 47.3 Å². The van der Waals surface area contributed by atoms with Gasteiger partial charge < -0.3 is 30.1 Å². The van der Waals surface area contributed by atoms with Crippen LogP contribution in [0.2, 0.25) is 0 Å². The van der Waals surface area contributed by atoms with Crippen molar-refractivity contribution in [2.45, 2.75) is 51.5 Å².